The van der Waals surface area contributed by atoms with Gasteiger partial charge in [-0.1, -0.05) is 54.6 Å². The number of aliphatic hydroxyl groups excluding tert-OH is 1. The number of carbonyl (C=O) groups is 1. The lowest BCUT2D eigenvalue weighted by Crippen LogP contribution is -2.27. The maximum Gasteiger partial charge on any atom is 0.224 e. The van der Waals surface area contributed by atoms with Crippen LogP contribution < -0.4 is 5.32 Å². The topological polar surface area (TPSA) is 49.3 Å². The van der Waals surface area contributed by atoms with Gasteiger partial charge in [-0.3, -0.25) is 4.79 Å². The summed E-state index contributed by atoms with van der Waals surface area (Å²) >= 11 is 0. The van der Waals surface area contributed by atoms with Crippen molar-refractivity contribution in [3.8, 4) is 0 Å². The highest BCUT2D eigenvalue weighted by Gasteiger charge is 2.08. The molecule has 3 heteroatoms. The summed E-state index contributed by atoms with van der Waals surface area (Å²) in [6.45, 7) is 2.47. The zero-order valence-electron chi connectivity index (χ0n) is 12.3. The number of amides is 1. The van der Waals surface area contributed by atoms with Gasteiger partial charge in [0.2, 0.25) is 5.91 Å². The van der Waals surface area contributed by atoms with Crippen LogP contribution in [0.15, 0.2) is 54.6 Å². The van der Waals surface area contributed by atoms with Crippen molar-refractivity contribution in [2.45, 2.75) is 25.9 Å². The molecule has 0 bridgehead atoms. The maximum atomic E-state index is 11.9. The SMILES string of the molecule is Cc1ccccc1CC(=O)NCCC(O)c1ccccc1. The van der Waals surface area contributed by atoms with E-state index in [1.165, 1.54) is 0 Å². The van der Waals surface area contributed by atoms with Crippen molar-refractivity contribution in [1.29, 1.82) is 0 Å². The molecule has 0 aliphatic heterocycles. The van der Waals surface area contributed by atoms with Gasteiger partial charge in [0, 0.05) is 6.54 Å². The molecule has 3 nitrogen and oxygen atoms in total. The third-order valence-corrected chi connectivity index (χ3v) is 3.54. The van der Waals surface area contributed by atoms with Crippen molar-refractivity contribution in [2.75, 3.05) is 6.54 Å². The Morgan fingerprint density at radius 3 is 2.48 bits per heavy atom. The molecule has 0 saturated carbocycles. The largest absolute Gasteiger partial charge is 0.388 e. The summed E-state index contributed by atoms with van der Waals surface area (Å²) in [4.78, 5) is 11.9. The summed E-state index contributed by atoms with van der Waals surface area (Å²) in [6.07, 6.45) is 0.363. The van der Waals surface area contributed by atoms with Crippen LogP contribution in [-0.2, 0) is 11.2 Å². The third kappa shape index (κ3) is 4.72. The molecule has 0 saturated heterocycles. The van der Waals surface area contributed by atoms with Gasteiger partial charge in [0.15, 0.2) is 0 Å². The Morgan fingerprint density at radius 2 is 1.76 bits per heavy atom. The number of rotatable bonds is 6. The molecule has 1 atom stereocenters. The number of hydrogen-bond donors (Lipinski definition) is 2. The highest BCUT2D eigenvalue weighted by molar-refractivity contribution is 5.78. The Balaban J connectivity index is 1.76. The number of aliphatic hydroxyl groups is 1. The molecule has 0 fully saturated rings. The third-order valence-electron chi connectivity index (χ3n) is 3.54. The second-order valence-electron chi connectivity index (χ2n) is 5.17. The number of carbonyl (C=O) groups excluding carboxylic acids is 1. The first-order valence-electron chi connectivity index (χ1n) is 7.21. The Bertz CT molecular complexity index is 581. The van der Waals surface area contributed by atoms with Crippen molar-refractivity contribution in [1.82, 2.24) is 5.32 Å². The molecular formula is C18H21NO2. The average molecular weight is 283 g/mol. The fourth-order valence-electron chi connectivity index (χ4n) is 2.23. The molecule has 0 aliphatic carbocycles. The zero-order valence-corrected chi connectivity index (χ0v) is 12.3. The molecular weight excluding hydrogens is 262 g/mol. The van der Waals surface area contributed by atoms with Gasteiger partial charge >= 0.3 is 0 Å². The van der Waals surface area contributed by atoms with Crippen LogP contribution in [0, 0.1) is 6.92 Å². The average Bonchev–Trinajstić information content (AvgIpc) is 2.50. The minimum absolute atomic E-state index is 0.00967. The molecule has 21 heavy (non-hydrogen) atoms. The molecule has 1 unspecified atom stereocenters. The maximum absolute atomic E-state index is 11.9. The molecule has 0 spiro atoms. The van der Waals surface area contributed by atoms with Crippen molar-refractivity contribution >= 4 is 5.91 Å². The van der Waals surface area contributed by atoms with E-state index >= 15 is 0 Å². The number of hydrogen-bond acceptors (Lipinski definition) is 2. The predicted molar refractivity (Wildman–Crippen MR) is 83.9 cm³/mol. The quantitative estimate of drug-likeness (QED) is 0.856. The highest BCUT2D eigenvalue weighted by Crippen LogP contribution is 2.15. The van der Waals surface area contributed by atoms with E-state index in [1.807, 2.05) is 61.5 Å². The Kier molecular flexibility index (Phi) is 5.52. The van der Waals surface area contributed by atoms with Crippen molar-refractivity contribution in [3.63, 3.8) is 0 Å². The highest BCUT2D eigenvalue weighted by atomic mass is 16.3. The summed E-state index contributed by atoms with van der Waals surface area (Å²) in [5.41, 5.74) is 3.04. The molecule has 0 aliphatic rings. The van der Waals surface area contributed by atoms with E-state index in [9.17, 15) is 9.90 Å². The van der Waals surface area contributed by atoms with Crippen LogP contribution in [0.3, 0.4) is 0 Å². The van der Waals surface area contributed by atoms with E-state index in [1.54, 1.807) is 0 Å². The van der Waals surface area contributed by atoms with Crippen LogP contribution in [0.2, 0.25) is 0 Å². The van der Waals surface area contributed by atoms with Crippen molar-refractivity contribution in [2.24, 2.45) is 0 Å². The van der Waals surface area contributed by atoms with Gasteiger partial charge in [0.1, 0.15) is 0 Å². The molecule has 2 rings (SSSR count). The van der Waals surface area contributed by atoms with Crippen LogP contribution in [-0.4, -0.2) is 17.6 Å². The fourth-order valence-corrected chi connectivity index (χ4v) is 2.23. The minimum atomic E-state index is -0.537. The zero-order chi connectivity index (χ0) is 15.1. The predicted octanol–water partition coefficient (Wildman–Crippen LogP) is 2.78. The van der Waals surface area contributed by atoms with Crippen LogP contribution in [0.5, 0.6) is 0 Å². The standard InChI is InChI=1S/C18H21NO2/c1-14-7-5-6-10-16(14)13-18(21)19-12-11-17(20)15-8-3-2-4-9-15/h2-10,17,20H,11-13H2,1H3,(H,19,21). The molecule has 110 valence electrons. The van der Waals surface area contributed by atoms with Crippen molar-refractivity contribution < 1.29 is 9.90 Å². The van der Waals surface area contributed by atoms with Crippen LogP contribution >= 0.6 is 0 Å². The van der Waals surface area contributed by atoms with E-state index in [2.05, 4.69) is 5.32 Å². The van der Waals surface area contributed by atoms with Gasteiger partial charge in [-0.05, 0) is 30.0 Å². The van der Waals surface area contributed by atoms with Gasteiger partial charge in [-0.25, -0.2) is 0 Å². The first kappa shape index (κ1) is 15.3. The molecule has 0 aromatic heterocycles. The summed E-state index contributed by atoms with van der Waals surface area (Å²) in [5, 5.41) is 12.9. The van der Waals surface area contributed by atoms with E-state index in [4.69, 9.17) is 0 Å². The Hall–Kier alpha value is -2.13. The van der Waals surface area contributed by atoms with Gasteiger partial charge in [-0.15, -0.1) is 0 Å². The normalized spacial score (nSPS) is 11.9. The molecule has 1 amide bonds. The lowest BCUT2D eigenvalue weighted by atomic mass is 10.1. The minimum Gasteiger partial charge on any atom is -0.388 e. The van der Waals surface area contributed by atoms with Crippen LogP contribution in [0.4, 0.5) is 0 Å². The second-order valence-corrected chi connectivity index (χ2v) is 5.17. The fraction of sp³-hybridized carbons (Fsp3) is 0.278. The van der Waals surface area contributed by atoms with Crippen LogP contribution in [0.1, 0.15) is 29.2 Å². The van der Waals surface area contributed by atoms with E-state index < -0.39 is 6.10 Å². The molecule has 2 N–H and O–H groups in total. The molecule has 0 heterocycles. The first-order chi connectivity index (χ1) is 10.2. The van der Waals surface area contributed by atoms with Crippen LogP contribution in [0.25, 0.3) is 0 Å². The Morgan fingerprint density at radius 1 is 1.10 bits per heavy atom. The lowest BCUT2D eigenvalue weighted by Gasteiger charge is -2.12. The monoisotopic (exact) mass is 283 g/mol. The van der Waals surface area contributed by atoms with E-state index in [0.717, 1.165) is 16.7 Å². The summed E-state index contributed by atoms with van der Waals surface area (Å²) < 4.78 is 0. The van der Waals surface area contributed by atoms with Gasteiger partial charge in [0.25, 0.3) is 0 Å². The van der Waals surface area contributed by atoms with Gasteiger partial charge in [0.05, 0.1) is 12.5 Å². The lowest BCUT2D eigenvalue weighted by molar-refractivity contribution is -0.120. The van der Waals surface area contributed by atoms with E-state index in [-0.39, 0.29) is 5.91 Å². The first-order valence-corrected chi connectivity index (χ1v) is 7.21. The summed E-state index contributed by atoms with van der Waals surface area (Å²) in [7, 11) is 0. The number of benzene rings is 2. The summed E-state index contributed by atoms with van der Waals surface area (Å²) in [5.74, 6) is -0.00967. The van der Waals surface area contributed by atoms with Gasteiger partial charge in [-0.2, -0.15) is 0 Å². The molecule has 2 aromatic rings. The Labute approximate surface area is 125 Å². The molecule has 2 aromatic carbocycles. The number of nitrogens with one attached hydrogen (secondary N) is 1. The van der Waals surface area contributed by atoms with E-state index in [0.29, 0.717) is 19.4 Å². The number of aryl methyl sites for hydroxylation is 1. The molecule has 0 radical (unpaired) electrons. The smallest absolute Gasteiger partial charge is 0.224 e. The summed E-state index contributed by atoms with van der Waals surface area (Å²) in [6, 6.07) is 17.4. The second kappa shape index (κ2) is 7.60. The van der Waals surface area contributed by atoms with Gasteiger partial charge < -0.3 is 10.4 Å². The van der Waals surface area contributed by atoms with Crippen molar-refractivity contribution in [3.05, 3.63) is 71.3 Å².